The molecular formula is C9H18N4. The normalized spacial score (nSPS) is 11.5. The minimum atomic E-state index is 0.449. The summed E-state index contributed by atoms with van der Waals surface area (Å²) in [5.74, 6) is 1.52. The Kier molecular flexibility index (Phi) is 3.42. The van der Waals surface area contributed by atoms with E-state index in [4.69, 9.17) is 0 Å². The van der Waals surface area contributed by atoms with Gasteiger partial charge in [0, 0.05) is 12.5 Å². The molecule has 0 amide bonds. The largest absolute Gasteiger partial charge is 0.308 e. The second-order valence-corrected chi connectivity index (χ2v) is 3.80. The fourth-order valence-electron chi connectivity index (χ4n) is 1.19. The topological polar surface area (TPSA) is 34.0 Å². The Morgan fingerprint density at radius 1 is 1.46 bits per heavy atom. The van der Waals surface area contributed by atoms with E-state index in [2.05, 4.69) is 42.9 Å². The maximum atomic E-state index is 4.23. The highest BCUT2D eigenvalue weighted by atomic mass is 15.3. The van der Waals surface area contributed by atoms with Crippen molar-refractivity contribution in [3.05, 3.63) is 12.2 Å². The van der Waals surface area contributed by atoms with Crippen molar-refractivity contribution in [1.29, 1.82) is 0 Å². The first kappa shape index (κ1) is 10.2. The van der Waals surface area contributed by atoms with Gasteiger partial charge in [-0.05, 0) is 14.1 Å². The monoisotopic (exact) mass is 182 g/mol. The summed E-state index contributed by atoms with van der Waals surface area (Å²) in [6.07, 6.45) is 1.63. The lowest BCUT2D eigenvalue weighted by molar-refractivity contribution is 0.367. The quantitative estimate of drug-likeness (QED) is 0.695. The maximum absolute atomic E-state index is 4.23. The lowest BCUT2D eigenvalue weighted by Gasteiger charge is -2.12. The highest BCUT2D eigenvalue weighted by molar-refractivity contribution is 4.91. The van der Waals surface area contributed by atoms with Gasteiger partial charge in [0.25, 0.3) is 0 Å². The van der Waals surface area contributed by atoms with E-state index in [0.29, 0.717) is 5.92 Å². The molecule has 13 heavy (non-hydrogen) atoms. The molecule has 1 heterocycles. The summed E-state index contributed by atoms with van der Waals surface area (Å²) < 4.78 is 1.98. The molecule has 0 fully saturated rings. The summed E-state index contributed by atoms with van der Waals surface area (Å²) in [4.78, 5) is 6.37. The van der Waals surface area contributed by atoms with Crippen LogP contribution in [0.4, 0.5) is 0 Å². The third-order valence-corrected chi connectivity index (χ3v) is 1.92. The number of hydrogen-bond acceptors (Lipinski definition) is 3. The molecule has 74 valence electrons. The minimum absolute atomic E-state index is 0.449. The zero-order valence-corrected chi connectivity index (χ0v) is 8.86. The van der Waals surface area contributed by atoms with Crippen LogP contribution in [0.25, 0.3) is 0 Å². The van der Waals surface area contributed by atoms with E-state index < -0.39 is 0 Å². The molecule has 1 aromatic heterocycles. The molecule has 0 saturated carbocycles. The minimum Gasteiger partial charge on any atom is -0.308 e. The van der Waals surface area contributed by atoms with Gasteiger partial charge in [0.2, 0.25) is 0 Å². The molecule has 0 bridgehead atoms. The Balaban J connectivity index is 2.60. The molecule has 0 aliphatic carbocycles. The van der Waals surface area contributed by atoms with Crippen LogP contribution in [-0.2, 0) is 6.54 Å². The molecule has 1 rings (SSSR count). The van der Waals surface area contributed by atoms with Gasteiger partial charge < -0.3 is 4.90 Å². The van der Waals surface area contributed by atoms with Gasteiger partial charge in [0.15, 0.2) is 0 Å². The van der Waals surface area contributed by atoms with Gasteiger partial charge >= 0.3 is 0 Å². The fraction of sp³-hybridized carbons (Fsp3) is 0.778. The Labute approximate surface area is 79.6 Å². The van der Waals surface area contributed by atoms with Crippen LogP contribution in [0, 0.1) is 0 Å². The number of rotatable bonds is 4. The van der Waals surface area contributed by atoms with Crippen molar-refractivity contribution in [2.45, 2.75) is 26.3 Å². The van der Waals surface area contributed by atoms with E-state index in [-0.39, 0.29) is 0 Å². The van der Waals surface area contributed by atoms with Gasteiger partial charge in [-0.2, -0.15) is 5.10 Å². The number of aromatic nitrogens is 3. The molecule has 0 aromatic carbocycles. The molecule has 0 saturated heterocycles. The van der Waals surface area contributed by atoms with E-state index in [1.807, 2.05) is 4.68 Å². The predicted molar refractivity (Wildman–Crippen MR) is 52.7 cm³/mol. The molecule has 4 nitrogen and oxygen atoms in total. The first-order chi connectivity index (χ1) is 6.11. The molecule has 0 unspecified atom stereocenters. The highest BCUT2D eigenvalue weighted by Crippen LogP contribution is 2.09. The molecule has 0 aliphatic rings. The lowest BCUT2D eigenvalue weighted by atomic mass is 10.2. The van der Waals surface area contributed by atoms with Gasteiger partial charge in [0.05, 0.1) is 6.54 Å². The Morgan fingerprint density at radius 3 is 2.69 bits per heavy atom. The first-order valence-corrected chi connectivity index (χ1v) is 4.63. The van der Waals surface area contributed by atoms with Gasteiger partial charge in [-0.1, -0.05) is 13.8 Å². The molecule has 4 heteroatoms. The van der Waals surface area contributed by atoms with Gasteiger partial charge in [-0.3, -0.25) is 0 Å². The Bertz CT molecular complexity index is 252. The summed E-state index contributed by atoms with van der Waals surface area (Å²) in [5, 5.41) is 4.19. The molecular weight excluding hydrogens is 164 g/mol. The van der Waals surface area contributed by atoms with Crippen molar-refractivity contribution < 1.29 is 0 Å². The van der Waals surface area contributed by atoms with Crippen LogP contribution in [-0.4, -0.2) is 40.3 Å². The Hall–Kier alpha value is -0.900. The van der Waals surface area contributed by atoms with Gasteiger partial charge in [-0.15, -0.1) is 0 Å². The summed E-state index contributed by atoms with van der Waals surface area (Å²) in [7, 11) is 4.12. The zero-order valence-electron chi connectivity index (χ0n) is 8.86. The third-order valence-electron chi connectivity index (χ3n) is 1.92. The van der Waals surface area contributed by atoms with E-state index in [1.54, 1.807) is 6.33 Å². The van der Waals surface area contributed by atoms with E-state index >= 15 is 0 Å². The van der Waals surface area contributed by atoms with Crippen molar-refractivity contribution in [3.63, 3.8) is 0 Å². The maximum Gasteiger partial charge on any atom is 0.138 e. The number of likely N-dealkylation sites (N-methyl/N-ethyl adjacent to an activating group) is 1. The predicted octanol–water partition coefficient (Wildman–Crippen LogP) is 0.963. The summed E-state index contributed by atoms with van der Waals surface area (Å²) in [5.41, 5.74) is 0. The van der Waals surface area contributed by atoms with Gasteiger partial charge in [0.1, 0.15) is 12.2 Å². The third kappa shape index (κ3) is 2.81. The average molecular weight is 182 g/mol. The summed E-state index contributed by atoms with van der Waals surface area (Å²) in [6, 6.07) is 0. The molecule has 0 radical (unpaired) electrons. The van der Waals surface area contributed by atoms with Crippen molar-refractivity contribution in [2.75, 3.05) is 20.6 Å². The van der Waals surface area contributed by atoms with E-state index in [1.165, 1.54) is 0 Å². The molecule has 0 N–H and O–H groups in total. The standard InChI is InChI=1S/C9H18N4/c1-8(2)9-10-7-11-13(9)6-5-12(3)4/h7-8H,5-6H2,1-4H3. The van der Waals surface area contributed by atoms with E-state index in [0.717, 1.165) is 18.9 Å². The number of hydrogen-bond donors (Lipinski definition) is 0. The number of nitrogens with zero attached hydrogens (tertiary/aromatic N) is 4. The van der Waals surface area contributed by atoms with Crippen molar-refractivity contribution >= 4 is 0 Å². The SMILES string of the molecule is CC(C)c1ncnn1CCN(C)C. The second kappa shape index (κ2) is 4.37. The molecule has 0 aliphatic heterocycles. The van der Waals surface area contributed by atoms with Crippen LogP contribution in [0.2, 0.25) is 0 Å². The van der Waals surface area contributed by atoms with Crippen molar-refractivity contribution in [2.24, 2.45) is 0 Å². The smallest absolute Gasteiger partial charge is 0.138 e. The second-order valence-electron chi connectivity index (χ2n) is 3.80. The molecule has 0 atom stereocenters. The Morgan fingerprint density at radius 2 is 2.15 bits per heavy atom. The van der Waals surface area contributed by atoms with Crippen LogP contribution >= 0.6 is 0 Å². The summed E-state index contributed by atoms with van der Waals surface area (Å²) >= 11 is 0. The molecule has 1 aromatic rings. The van der Waals surface area contributed by atoms with Crippen LogP contribution < -0.4 is 0 Å². The van der Waals surface area contributed by atoms with Crippen LogP contribution in [0.15, 0.2) is 6.33 Å². The van der Waals surface area contributed by atoms with Crippen LogP contribution in [0.1, 0.15) is 25.6 Å². The average Bonchev–Trinajstić information content (AvgIpc) is 2.47. The first-order valence-electron chi connectivity index (χ1n) is 4.63. The van der Waals surface area contributed by atoms with Crippen molar-refractivity contribution in [3.8, 4) is 0 Å². The van der Waals surface area contributed by atoms with Crippen molar-refractivity contribution in [1.82, 2.24) is 19.7 Å². The van der Waals surface area contributed by atoms with Crippen LogP contribution in [0.5, 0.6) is 0 Å². The fourth-order valence-corrected chi connectivity index (χ4v) is 1.19. The summed E-state index contributed by atoms with van der Waals surface area (Å²) in [6.45, 7) is 6.19. The molecule has 0 spiro atoms. The van der Waals surface area contributed by atoms with Gasteiger partial charge in [-0.25, -0.2) is 9.67 Å². The zero-order chi connectivity index (χ0) is 9.84. The van der Waals surface area contributed by atoms with E-state index in [9.17, 15) is 0 Å². The lowest BCUT2D eigenvalue weighted by Crippen LogP contribution is -2.20. The highest BCUT2D eigenvalue weighted by Gasteiger charge is 2.07. The van der Waals surface area contributed by atoms with Crippen LogP contribution in [0.3, 0.4) is 0 Å².